The van der Waals surface area contributed by atoms with Gasteiger partial charge in [0.1, 0.15) is 6.07 Å². The molecule has 0 spiro atoms. The summed E-state index contributed by atoms with van der Waals surface area (Å²) in [5.41, 5.74) is -1.14. The van der Waals surface area contributed by atoms with Crippen LogP contribution in [0.2, 0.25) is 0 Å². The van der Waals surface area contributed by atoms with Crippen molar-refractivity contribution in [2.24, 2.45) is 0 Å². The third-order valence-electron chi connectivity index (χ3n) is 1.47. The van der Waals surface area contributed by atoms with Crippen LogP contribution in [0, 0.1) is 17.1 Å². The Balaban J connectivity index is 3.41. The maximum Gasteiger partial charge on any atom is 0.267 e. The van der Waals surface area contributed by atoms with Crippen molar-refractivity contribution in [2.75, 3.05) is 0 Å². The maximum atomic E-state index is 13.1. The molecule has 0 aromatic heterocycles. The van der Waals surface area contributed by atoms with E-state index >= 15 is 0 Å². The van der Waals surface area contributed by atoms with Crippen LogP contribution in [-0.2, 0) is 0 Å². The standard InChI is InChI=1S/C8H3BrF3N/c9-5-2-1-4(3-13)7(10)6(5)8(11)12/h1-2,8H. The first-order valence-electron chi connectivity index (χ1n) is 3.24. The highest BCUT2D eigenvalue weighted by atomic mass is 79.9. The third-order valence-corrected chi connectivity index (χ3v) is 2.16. The Morgan fingerprint density at radius 2 is 2.00 bits per heavy atom. The van der Waals surface area contributed by atoms with Crippen molar-refractivity contribution >= 4 is 15.9 Å². The summed E-state index contributed by atoms with van der Waals surface area (Å²) in [6.07, 6.45) is -2.93. The Hall–Kier alpha value is -1.02. The van der Waals surface area contributed by atoms with Gasteiger partial charge in [0, 0.05) is 4.47 Å². The van der Waals surface area contributed by atoms with Crippen molar-refractivity contribution in [1.82, 2.24) is 0 Å². The summed E-state index contributed by atoms with van der Waals surface area (Å²) in [5, 5.41) is 8.37. The molecular weight excluding hydrogens is 247 g/mol. The van der Waals surface area contributed by atoms with Gasteiger partial charge in [0.2, 0.25) is 0 Å². The number of alkyl halides is 2. The lowest BCUT2D eigenvalue weighted by atomic mass is 10.1. The first kappa shape index (κ1) is 10.1. The fraction of sp³-hybridized carbons (Fsp3) is 0.125. The zero-order valence-electron chi connectivity index (χ0n) is 6.19. The number of hydrogen-bond acceptors (Lipinski definition) is 1. The Morgan fingerprint density at radius 1 is 1.38 bits per heavy atom. The molecule has 0 amide bonds. The van der Waals surface area contributed by atoms with Crippen LogP contribution >= 0.6 is 15.9 Å². The Bertz CT molecular complexity index is 370. The van der Waals surface area contributed by atoms with Gasteiger partial charge >= 0.3 is 0 Å². The van der Waals surface area contributed by atoms with Gasteiger partial charge in [0.25, 0.3) is 6.43 Å². The van der Waals surface area contributed by atoms with E-state index < -0.39 is 17.8 Å². The molecule has 68 valence electrons. The lowest BCUT2D eigenvalue weighted by Gasteiger charge is -2.05. The average molecular weight is 250 g/mol. The molecule has 0 aliphatic carbocycles. The van der Waals surface area contributed by atoms with E-state index in [2.05, 4.69) is 15.9 Å². The van der Waals surface area contributed by atoms with Gasteiger partial charge < -0.3 is 0 Å². The first-order chi connectivity index (χ1) is 6.07. The molecule has 0 saturated carbocycles. The molecule has 0 atom stereocenters. The highest BCUT2D eigenvalue weighted by molar-refractivity contribution is 9.10. The molecule has 0 aliphatic heterocycles. The summed E-state index contributed by atoms with van der Waals surface area (Å²) in [4.78, 5) is 0. The lowest BCUT2D eigenvalue weighted by molar-refractivity contribution is 0.145. The van der Waals surface area contributed by atoms with E-state index in [9.17, 15) is 13.2 Å². The van der Waals surface area contributed by atoms with Gasteiger partial charge in [-0.1, -0.05) is 15.9 Å². The van der Waals surface area contributed by atoms with Crippen molar-refractivity contribution in [1.29, 1.82) is 5.26 Å². The van der Waals surface area contributed by atoms with Gasteiger partial charge in [-0.05, 0) is 12.1 Å². The Labute approximate surface area is 80.9 Å². The van der Waals surface area contributed by atoms with E-state index in [0.29, 0.717) is 0 Å². The molecule has 0 N–H and O–H groups in total. The summed E-state index contributed by atoms with van der Waals surface area (Å²) in [5.74, 6) is -1.16. The molecule has 0 unspecified atom stereocenters. The SMILES string of the molecule is N#Cc1ccc(Br)c(C(F)F)c1F. The second-order valence-corrected chi connectivity index (χ2v) is 3.09. The van der Waals surface area contributed by atoms with Gasteiger partial charge in [-0.25, -0.2) is 13.2 Å². The largest absolute Gasteiger partial charge is 0.267 e. The second kappa shape index (κ2) is 3.79. The summed E-state index contributed by atoms with van der Waals surface area (Å²) >= 11 is 2.78. The van der Waals surface area contributed by atoms with Gasteiger partial charge in [0.15, 0.2) is 5.82 Å². The lowest BCUT2D eigenvalue weighted by Crippen LogP contribution is -1.95. The van der Waals surface area contributed by atoms with E-state index in [-0.39, 0.29) is 10.0 Å². The Kier molecular flexibility index (Phi) is 2.94. The van der Waals surface area contributed by atoms with Crippen molar-refractivity contribution in [3.63, 3.8) is 0 Å². The van der Waals surface area contributed by atoms with Crippen LogP contribution in [0.25, 0.3) is 0 Å². The molecule has 1 rings (SSSR count). The van der Waals surface area contributed by atoms with Crippen LogP contribution in [0.3, 0.4) is 0 Å². The maximum absolute atomic E-state index is 13.1. The average Bonchev–Trinajstić information content (AvgIpc) is 2.04. The molecule has 5 heteroatoms. The van der Waals surface area contributed by atoms with Crippen LogP contribution in [0.4, 0.5) is 13.2 Å². The molecule has 0 aliphatic rings. The second-order valence-electron chi connectivity index (χ2n) is 2.24. The number of rotatable bonds is 1. The van der Waals surface area contributed by atoms with Crippen LogP contribution in [0.5, 0.6) is 0 Å². The zero-order valence-corrected chi connectivity index (χ0v) is 7.78. The summed E-state index contributed by atoms with van der Waals surface area (Å²) in [6, 6.07) is 3.86. The quantitative estimate of drug-likeness (QED) is 0.749. The third kappa shape index (κ3) is 1.83. The van der Waals surface area contributed by atoms with Crippen molar-refractivity contribution in [2.45, 2.75) is 6.43 Å². The minimum absolute atomic E-state index is 0.0287. The van der Waals surface area contributed by atoms with Crippen molar-refractivity contribution in [3.05, 3.63) is 33.5 Å². The van der Waals surface area contributed by atoms with Gasteiger partial charge in [-0.15, -0.1) is 0 Å². The molecule has 0 bridgehead atoms. The summed E-state index contributed by atoms with van der Waals surface area (Å²) < 4.78 is 37.5. The number of nitrogens with zero attached hydrogens (tertiary/aromatic N) is 1. The molecule has 0 fully saturated rings. The van der Waals surface area contributed by atoms with Gasteiger partial charge in [-0.2, -0.15) is 5.26 Å². The zero-order chi connectivity index (χ0) is 10.0. The minimum Gasteiger partial charge on any atom is -0.205 e. The molecule has 0 radical (unpaired) electrons. The number of hydrogen-bond donors (Lipinski definition) is 0. The fourth-order valence-corrected chi connectivity index (χ4v) is 1.34. The smallest absolute Gasteiger partial charge is 0.205 e. The van der Waals surface area contributed by atoms with Crippen LogP contribution in [0.1, 0.15) is 17.6 Å². The molecule has 13 heavy (non-hydrogen) atoms. The first-order valence-corrected chi connectivity index (χ1v) is 4.03. The topological polar surface area (TPSA) is 23.8 Å². The molecule has 1 aromatic carbocycles. The molecule has 1 nitrogen and oxygen atoms in total. The minimum atomic E-state index is -2.93. The normalized spacial score (nSPS) is 10.2. The van der Waals surface area contributed by atoms with Gasteiger partial charge in [0.05, 0.1) is 11.1 Å². The molecular formula is C8H3BrF3N. The van der Waals surface area contributed by atoms with Crippen LogP contribution < -0.4 is 0 Å². The molecule has 0 heterocycles. The van der Waals surface area contributed by atoms with E-state index in [1.54, 1.807) is 0 Å². The van der Waals surface area contributed by atoms with Crippen LogP contribution in [0.15, 0.2) is 16.6 Å². The van der Waals surface area contributed by atoms with E-state index in [1.165, 1.54) is 12.1 Å². The van der Waals surface area contributed by atoms with Crippen LogP contribution in [-0.4, -0.2) is 0 Å². The summed E-state index contributed by atoms with van der Waals surface area (Å²) in [6.45, 7) is 0. The van der Waals surface area contributed by atoms with E-state index in [4.69, 9.17) is 5.26 Å². The van der Waals surface area contributed by atoms with E-state index in [1.807, 2.05) is 0 Å². The predicted octanol–water partition coefficient (Wildman–Crippen LogP) is 3.40. The van der Waals surface area contributed by atoms with Gasteiger partial charge in [-0.3, -0.25) is 0 Å². The Morgan fingerprint density at radius 3 is 2.46 bits per heavy atom. The monoisotopic (exact) mass is 249 g/mol. The van der Waals surface area contributed by atoms with Crippen molar-refractivity contribution in [3.8, 4) is 6.07 Å². The number of nitriles is 1. The van der Waals surface area contributed by atoms with Crippen molar-refractivity contribution < 1.29 is 13.2 Å². The highest BCUT2D eigenvalue weighted by Crippen LogP contribution is 2.31. The molecule has 1 aromatic rings. The summed E-state index contributed by atoms with van der Waals surface area (Å²) in [7, 11) is 0. The number of benzene rings is 1. The highest BCUT2D eigenvalue weighted by Gasteiger charge is 2.19. The number of halogens is 4. The predicted molar refractivity (Wildman–Crippen MR) is 43.8 cm³/mol. The molecule has 0 saturated heterocycles. The fourth-order valence-electron chi connectivity index (χ4n) is 0.856. The van der Waals surface area contributed by atoms with E-state index in [0.717, 1.165) is 6.07 Å².